The number of piperazine rings is 1. The third-order valence-electron chi connectivity index (χ3n) is 5.88. The van der Waals surface area contributed by atoms with Gasteiger partial charge >= 0.3 is 0 Å². The summed E-state index contributed by atoms with van der Waals surface area (Å²) in [4.78, 5) is 13.5. The maximum Gasteiger partial charge on any atom is 0.222 e. The Balaban J connectivity index is 1.36. The third kappa shape index (κ3) is 3.73. The smallest absolute Gasteiger partial charge is 0.222 e. The van der Waals surface area contributed by atoms with E-state index < -0.39 is 0 Å². The van der Waals surface area contributed by atoms with Gasteiger partial charge in [-0.3, -0.25) is 4.90 Å². The van der Waals surface area contributed by atoms with E-state index in [0.29, 0.717) is 12.0 Å². The predicted molar refractivity (Wildman–Crippen MR) is 96.7 cm³/mol. The molecule has 1 spiro atoms. The molecule has 3 saturated heterocycles. The first-order valence-electron chi connectivity index (χ1n) is 9.45. The Morgan fingerprint density at radius 1 is 1.12 bits per heavy atom. The quantitative estimate of drug-likeness (QED) is 0.862. The first kappa shape index (κ1) is 17.0. The topological polar surface area (TPSA) is 76.7 Å². The van der Waals surface area contributed by atoms with Gasteiger partial charge in [0.05, 0.1) is 5.60 Å². The second-order valence-corrected chi connectivity index (χ2v) is 7.54. The fraction of sp³-hybridized carbons (Fsp3) is 0.778. The van der Waals surface area contributed by atoms with E-state index in [2.05, 4.69) is 19.8 Å². The Kier molecular flexibility index (Phi) is 4.80. The zero-order valence-corrected chi connectivity index (χ0v) is 15.1. The van der Waals surface area contributed by atoms with E-state index in [1.165, 1.54) is 0 Å². The maximum absolute atomic E-state index is 6.20. The molecule has 3 aliphatic rings. The molecule has 7 heteroatoms. The predicted octanol–water partition coefficient (Wildman–Crippen LogP) is 1.22. The number of aryl methyl sites for hydroxylation is 1. The van der Waals surface area contributed by atoms with Crippen molar-refractivity contribution in [2.75, 3.05) is 56.6 Å². The molecule has 3 fully saturated rings. The number of anilines is 2. The van der Waals surface area contributed by atoms with E-state index in [1.54, 1.807) is 0 Å². The number of nitrogens with two attached hydrogens (primary N) is 1. The first-order valence-corrected chi connectivity index (χ1v) is 9.45. The van der Waals surface area contributed by atoms with Crippen molar-refractivity contribution in [3.63, 3.8) is 0 Å². The van der Waals surface area contributed by atoms with E-state index in [4.69, 9.17) is 15.2 Å². The van der Waals surface area contributed by atoms with Crippen molar-refractivity contribution in [2.24, 2.45) is 0 Å². The Morgan fingerprint density at radius 2 is 1.88 bits per heavy atom. The molecule has 3 aliphatic heterocycles. The minimum atomic E-state index is 0.0660. The van der Waals surface area contributed by atoms with Crippen LogP contribution < -0.4 is 10.6 Å². The number of ether oxygens (including phenoxy) is 2. The van der Waals surface area contributed by atoms with E-state index in [1.807, 2.05) is 13.0 Å². The standard InChI is InChI=1S/C18H29N5O2/c1-14-12-16(21-17(19)20-14)23-7-5-22(6-8-23)15-2-9-25-18(13-15)3-10-24-11-4-18/h12,15H,2-11,13H2,1H3,(H2,19,20,21)/t15-/m0/s1. The van der Waals surface area contributed by atoms with Gasteiger partial charge in [0.15, 0.2) is 0 Å². The van der Waals surface area contributed by atoms with Crippen LogP contribution >= 0.6 is 0 Å². The second kappa shape index (κ2) is 7.05. The molecule has 25 heavy (non-hydrogen) atoms. The molecule has 0 radical (unpaired) electrons. The molecule has 0 aromatic carbocycles. The SMILES string of the molecule is Cc1cc(N2CCN([C@H]3CCOC4(CCOCC4)C3)CC2)nc(N)n1. The molecule has 0 saturated carbocycles. The lowest BCUT2D eigenvalue weighted by Gasteiger charge is -2.48. The highest BCUT2D eigenvalue weighted by atomic mass is 16.5. The Morgan fingerprint density at radius 3 is 2.60 bits per heavy atom. The fourth-order valence-corrected chi connectivity index (χ4v) is 4.46. The van der Waals surface area contributed by atoms with E-state index in [-0.39, 0.29) is 5.60 Å². The number of hydrogen-bond acceptors (Lipinski definition) is 7. The Labute approximate surface area is 149 Å². The van der Waals surface area contributed by atoms with Crippen LogP contribution in [0.4, 0.5) is 11.8 Å². The van der Waals surface area contributed by atoms with Crippen molar-refractivity contribution in [1.29, 1.82) is 0 Å². The normalized spacial score (nSPS) is 27.6. The van der Waals surface area contributed by atoms with Crippen LogP contribution in [0.1, 0.15) is 31.4 Å². The molecule has 0 amide bonds. The highest BCUT2D eigenvalue weighted by molar-refractivity contribution is 5.43. The van der Waals surface area contributed by atoms with Gasteiger partial charge < -0.3 is 20.1 Å². The largest absolute Gasteiger partial charge is 0.381 e. The lowest BCUT2D eigenvalue weighted by Crippen LogP contribution is -2.56. The summed E-state index contributed by atoms with van der Waals surface area (Å²) in [6, 6.07) is 2.66. The summed E-state index contributed by atoms with van der Waals surface area (Å²) in [5, 5.41) is 0. The van der Waals surface area contributed by atoms with Crippen molar-refractivity contribution in [3.05, 3.63) is 11.8 Å². The summed E-state index contributed by atoms with van der Waals surface area (Å²) >= 11 is 0. The van der Waals surface area contributed by atoms with Gasteiger partial charge in [-0.2, -0.15) is 4.98 Å². The first-order chi connectivity index (χ1) is 12.1. The Hall–Kier alpha value is -1.44. The molecular formula is C18H29N5O2. The fourth-order valence-electron chi connectivity index (χ4n) is 4.46. The van der Waals surface area contributed by atoms with Gasteiger partial charge in [-0.1, -0.05) is 0 Å². The third-order valence-corrected chi connectivity index (χ3v) is 5.88. The van der Waals surface area contributed by atoms with Crippen LogP contribution in [0, 0.1) is 6.92 Å². The minimum Gasteiger partial charge on any atom is -0.381 e. The van der Waals surface area contributed by atoms with Gasteiger partial charge in [-0.15, -0.1) is 0 Å². The van der Waals surface area contributed by atoms with Crippen molar-refractivity contribution in [1.82, 2.24) is 14.9 Å². The van der Waals surface area contributed by atoms with Gasteiger partial charge in [0.2, 0.25) is 5.95 Å². The van der Waals surface area contributed by atoms with Crippen LogP contribution in [0.5, 0.6) is 0 Å². The number of rotatable bonds is 2. The van der Waals surface area contributed by atoms with Crippen LogP contribution in [0.2, 0.25) is 0 Å². The highest BCUT2D eigenvalue weighted by Crippen LogP contribution is 2.36. The molecule has 138 valence electrons. The molecule has 4 rings (SSSR count). The van der Waals surface area contributed by atoms with Gasteiger partial charge in [-0.25, -0.2) is 4.98 Å². The monoisotopic (exact) mass is 347 g/mol. The number of nitrogens with zero attached hydrogens (tertiary/aromatic N) is 4. The highest BCUT2D eigenvalue weighted by Gasteiger charge is 2.41. The summed E-state index contributed by atoms with van der Waals surface area (Å²) in [7, 11) is 0. The zero-order chi connectivity index (χ0) is 17.3. The molecule has 1 aromatic rings. The number of nitrogen functional groups attached to an aromatic ring is 1. The van der Waals surface area contributed by atoms with Crippen molar-refractivity contribution in [2.45, 2.75) is 44.2 Å². The summed E-state index contributed by atoms with van der Waals surface area (Å²) in [6.07, 6.45) is 4.38. The second-order valence-electron chi connectivity index (χ2n) is 7.54. The summed E-state index contributed by atoms with van der Waals surface area (Å²) in [5.41, 5.74) is 6.80. The average molecular weight is 347 g/mol. The van der Waals surface area contributed by atoms with Gasteiger partial charge in [0.1, 0.15) is 5.82 Å². The number of aromatic nitrogens is 2. The van der Waals surface area contributed by atoms with Crippen LogP contribution in [0.15, 0.2) is 6.07 Å². The molecular weight excluding hydrogens is 318 g/mol. The summed E-state index contributed by atoms with van der Waals surface area (Å²) < 4.78 is 11.7. The molecule has 0 aliphatic carbocycles. The Bertz CT molecular complexity index is 571. The summed E-state index contributed by atoms with van der Waals surface area (Å²) in [5.74, 6) is 1.32. The van der Waals surface area contributed by atoms with Crippen LogP contribution in [-0.2, 0) is 9.47 Å². The van der Waals surface area contributed by atoms with Crippen molar-refractivity contribution < 1.29 is 9.47 Å². The van der Waals surface area contributed by atoms with Crippen molar-refractivity contribution in [3.8, 4) is 0 Å². The molecule has 0 unspecified atom stereocenters. The lowest BCUT2D eigenvalue weighted by molar-refractivity contribution is -0.151. The van der Waals surface area contributed by atoms with E-state index in [9.17, 15) is 0 Å². The van der Waals surface area contributed by atoms with Crippen LogP contribution in [-0.4, -0.2) is 72.5 Å². The van der Waals surface area contributed by atoms with E-state index >= 15 is 0 Å². The molecule has 0 bridgehead atoms. The van der Waals surface area contributed by atoms with Crippen molar-refractivity contribution >= 4 is 11.8 Å². The van der Waals surface area contributed by atoms with Crippen LogP contribution in [0.3, 0.4) is 0 Å². The molecule has 1 aromatic heterocycles. The van der Waals surface area contributed by atoms with E-state index in [0.717, 1.165) is 83.2 Å². The van der Waals surface area contributed by atoms with Gasteiger partial charge in [0.25, 0.3) is 0 Å². The molecule has 4 heterocycles. The molecule has 2 N–H and O–H groups in total. The van der Waals surface area contributed by atoms with Gasteiger partial charge in [-0.05, 0) is 32.6 Å². The number of hydrogen-bond donors (Lipinski definition) is 1. The summed E-state index contributed by atoms with van der Waals surface area (Å²) in [6.45, 7) is 8.65. The maximum atomic E-state index is 6.20. The minimum absolute atomic E-state index is 0.0660. The zero-order valence-electron chi connectivity index (χ0n) is 15.1. The average Bonchev–Trinajstić information content (AvgIpc) is 2.62. The van der Waals surface area contributed by atoms with Crippen LogP contribution in [0.25, 0.3) is 0 Å². The molecule has 7 nitrogen and oxygen atoms in total. The lowest BCUT2D eigenvalue weighted by atomic mass is 9.83. The van der Waals surface area contributed by atoms with Gasteiger partial charge in [0, 0.05) is 63.8 Å². The molecule has 1 atom stereocenters.